The largest absolute Gasteiger partial charge is 0.395 e. The summed E-state index contributed by atoms with van der Waals surface area (Å²) in [6.45, 7) is 0.992. The van der Waals surface area contributed by atoms with E-state index < -0.39 is 0 Å². The van der Waals surface area contributed by atoms with Gasteiger partial charge in [0.2, 0.25) is 5.91 Å². The summed E-state index contributed by atoms with van der Waals surface area (Å²) in [4.78, 5) is 29.1. The Morgan fingerprint density at radius 2 is 1.87 bits per heavy atom. The van der Waals surface area contributed by atoms with E-state index in [1.807, 2.05) is 48.5 Å². The zero-order valence-electron chi connectivity index (χ0n) is 16.9. The summed E-state index contributed by atoms with van der Waals surface area (Å²) in [6, 6.07) is 17.0. The van der Waals surface area contributed by atoms with Crippen LogP contribution in [0, 0.1) is 0 Å². The summed E-state index contributed by atoms with van der Waals surface area (Å²) in [6.07, 6.45) is 2.50. The molecule has 0 spiro atoms. The highest BCUT2D eigenvalue weighted by molar-refractivity contribution is 8.26. The Bertz CT molecular complexity index is 982. The van der Waals surface area contributed by atoms with Crippen LogP contribution < -0.4 is 0 Å². The molecular weight excluding hydrogens is 452 g/mol. The number of benzene rings is 2. The van der Waals surface area contributed by atoms with Crippen molar-refractivity contribution >= 4 is 57.8 Å². The van der Waals surface area contributed by atoms with Crippen molar-refractivity contribution < 1.29 is 14.7 Å². The van der Waals surface area contributed by atoms with E-state index in [-0.39, 0.29) is 31.4 Å². The van der Waals surface area contributed by atoms with E-state index >= 15 is 0 Å². The van der Waals surface area contributed by atoms with Crippen LogP contribution in [0.25, 0.3) is 6.08 Å². The summed E-state index contributed by atoms with van der Waals surface area (Å²) in [5, 5.41) is 9.89. The summed E-state index contributed by atoms with van der Waals surface area (Å²) >= 11 is 12.8. The van der Waals surface area contributed by atoms with E-state index in [2.05, 4.69) is 0 Å². The molecule has 0 aliphatic carbocycles. The van der Waals surface area contributed by atoms with Crippen LogP contribution in [0.2, 0.25) is 5.02 Å². The molecule has 0 aromatic heterocycles. The van der Waals surface area contributed by atoms with Gasteiger partial charge in [0.1, 0.15) is 4.32 Å². The number of halogens is 1. The standard InChI is InChI=1S/C23H23ClN2O3S2/c24-19-10-5-4-9-18(19)15-20-22(29)26(23(30)31-20)12-6-11-21(28)25(13-14-27)16-17-7-2-1-3-8-17/h1-5,7-10,15,27H,6,11-14,16H2/b20-15-. The zero-order valence-corrected chi connectivity index (χ0v) is 19.3. The van der Waals surface area contributed by atoms with Gasteiger partial charge < -0.3 is 10.0 Å². The third-order valence-electron chi connectivity index (χ3n) is 4.78. The second kappa shape index (κ2) is 11.4. The minimum absolute atomic E-state index is 0.0602. The first-order valence-corrected chi connectivity index (χ1v) is 11.5. The lowest BCUT2D eigenvalue weighted by atomic mass is 10.2. The van der Waals surface area contributed by atoms with Crippen molar-refractivity contribution in [1.29, 1.82) is 0 Å². The Morgan fingerprint density at radius 1 is 1.16 bits per heavy atom. The Morgan fingerprint density at radius 3 is 2.58 bits per heavy atom. The number of carbonyl (C=O) groups excluding carboxylic acids is 2. The van der Waals surface area contributed by atoms with Gasteiger partial charge in [-0.15, -0.1) is 0 Å². The van der Waals surface area contributed by atoms with Crippen molar-refractivity contribution in [2.24, 2.45) is 0 Å². The first kappa shape index (κ1) is 23.5. The monoisotopic (exact) mass is 474 g/mol. The molecule has 2 aromatic rings. The molecule has 0 unspecified atom stereocenters. The number of hydrogen-bond donors (Lipinski definition) is 1. The summed E-state index contributed by atoms with van der Waals surface area (Å²) < 4.78 is 0.479. The molecule has 1 aliphatic heterocycles. The molecule has 8 heteroatoms. The number of rotatable bonds is 9. The van der Waals surface area contributed by atoms with Gasteiger partial charge in [-0.05, 0) is 29.7 Å². The summed E-state index contributed by atoms with van der Waals surface area (Å²) in [5.41, 5.74) is 1.77. The molecule has 31 heavy (non-hydrogen) atoms. The Balaban J connectivity index is 1.56. The second-order valence-corrected chi connectivity index (χ2v) is 9.07. The van der Waals surface area contributed by atoms with Crippen LogP contribution in [0.15, 0.2) is 59.5 Å². The fourth-order valence-corrected chi connectivity index (χ4v) is 4.68. The predicted molar refractivity (Wildman–Crippen MR) is 130 cm³/mol. The molecule has 1 fully saturated rings. The highest BCUT2D eigenvalue weighted by atomic mass is 35.5. The van der Waals surface area contributed by atoms with Crippen LogP contribution >= 0.6 is 35.6 Å². The maximum atomic E-state index is 12.8. The molecule has 1 heterocycles. The smallest absolute Gasteiger partial charge is 0.266 e. The molecule has 162 valence electrons. The van der Waals surface area contributed by atoms with E-state index in [1.165, 1.54) is 16.7 Å². The molecular formula is C23H23ClN2O3S2. The number of carbonyl (C=O) groups is 2. The molecule has 5 nitrogen and oxygen atoms in total. The first-order valence-electron chi connectivity index (χ1n) is 9.92. The average Bonchev–Trinajstić information content (AvgIpc) is 3.03. The van der Waals surface area contributed by atoms with E-state index in [1.54, 1.807) is 17.0 Å². The van der Waals surface area contributed by atoms with Crippen LogP contribution in [-0.2, 0) is 16.1 Å². The fraction of sp³-hybridized carbons (Fsp3) is 0.261. The number of aliphatic hydroxyl groups excluding tert-OH is 1. The lowest BCUT2D eigenvalue weighted by Gasteiger charge is -2.22. The second-order valence-electron chi connectivity index (χ2n) is 6.98. The predicted octanol–water partition coefficient (Wildman–Crippen LogP) is 4.34. The van der Waals surface area contributed by atoms with Gasteiger partial charge in [0.05, 0.1) is 11.5 Å². The van der Waals surface area contributed by atoms with E-state index in [9.17, 15) is 14.7 Å². The molecule has 0 bridgehead atoms. The fourth-order valence-electron chi connectivity index (χ4n) is 3.19. The molecule has 2 amide bonds. The topological polar surface area (TPSA) is 60.9 Å². The number of thiocarbonyl (C=S) groups is 1. The lowest BCUT2D eigenvalue weighted by Crippen LogP contribution is -2.34. The minimum atomic E-state index is -0.168. The van der Waals surface area contributed by atoms with Crippen molar-refractivity contribution in [3.8, 4) is 0 Å². The van der Waals surface area contributed by atoms with Crippen LogP contribution in [0.4, 0.5) is 0 Å². The van der Waals surface area contributed by atoms with Crippen LogP contribution in [0.5, 0.6) is 0 Å². The lowest BCUT2D eigenvalue weighted by molar-refractivity contribution is -0.132. The van der Waals surface area contributed by atoms with Gasteiger partial charge in [-0.2, -0.15) is 0 Å². The summed E-state index contributed by atoms with van der Waals surface area (Å²) in [5.74, 6) is -0.228. The molecule has 1 saturated heterocycles. The van der Waals surface area contributed by atoms with Crippen molar-refractivity contribution in [3.05, 3.63) is 75.7 Å². The zero-order chi connectivity index (χ0) is 22.2. The molecule has 3 rings (SSSR count). The maximum absolute atomic E-state index is 12.8. The normalized spacial score (nSPS) is 15.0. The first-order chi connectivity index (χ1) is 15.0. The van der Waals surface area contributed by atoms with Gasteiger partial charge in [-0.25, -0.2) is 0 Å². The third-order valence-corrected chi connectivity index (χ3v) is 6.50. The number of nitrogens with zero attached hydrogens (tertiary/aromatic N) is 2. The Kier molecular flexibility index (Phi) is 8.66. The molecule has 1 N–H and O–H groups in total. The Labute approximate surface area is 196 Å². The molecule has 0 atom stereocenters. The Hall–Kier alpha value is -2.19. The van der Waals surface area contributed by atoms with Crippen molar-refractivity contribution in [3.63, 3.8) is 0 Å². The summed E-state index contributed by atoms with van der Waals surface area (Å²) in [7, 11) is 0. The number of thioether (sulfide) groups is 1. The third kappa shape index (κ3) is 6.40. The maximum Gasteiger partial charge on any atom is 0.266 e. The van der Waals surface area contributed by atoms with Gasteiger partial charge in [0, 0.05) is 31.1 Å². The van der Waals surface area contributed by atoms with Gasteiger partial charge in [0.25, 0.3) is 5.91 Å². The van der Waals surface area contributed by atoms with E-state index in [0.29, 0.717) is 33.8 Å². The van der Waals surface area contributed by atoms with Crippen LogP contribution in [0.1, 0.15) is 24.0 Å². The van der Waals surface area contributed by atoms with E-state index in [4.69, 9.17) is 23.8 Å². The van der Waals surface area contributed by atoms with Crippen molar-refractivity contribution in [1.82, 2.24) is 9.80 Å². The van der Waals surface area contributed by atoms with Crippen LogP contribution in [-0.4, -0.2) is 50.7 Å². The molecule has 2 aromatic carbocycles. The van der Waals surface area contributed by atoms with Gasteiger partial charge in [-0.3, -0.25) is 14.5 Å². The molecule has 1 aliphatic rings. The number of hydrogen-bond acceptors (Lipinski definition) is 5. The molecule has 0 saturated carbocycles. The molecule has 0 radical (unpaired) electrons. The van der Waals surface area contributed by atoms with Crippen LogP contribution in [0.3, 0.4) is 0 Å². The van der Waals surface area contributed by atoms with Gasteiger partial charge >= 0.3 is 0 Å². The average molecular weight is 475 g/mol. The van der Waals surface area contributed by atoms with Gasteiger partial charge in [0.15, 0.2) is 0 Å². The minimum Gasteiger partial charge on any atom is -0.395 e. The quantitative estimate of drug-likeness (QED) is 0.432. The number of aliphatic hydroxyl groups is 1. The van der Waals surface area contributed by atoms with Crippen molar-refractivity contribution in [2.45, 2.75) is 19.4 Å². The SMILES string of the molecule is O=C(CCCN1C(=O)/C(=C/c2ccccc2Cl)SC1=S)N(CCO)Cc1ccccc1. The number of amides is 2. The van der Waals surface area contributed by atoms with Gasteiger partial charge in [-0.1, -0.05) is 84.1 Å². The highest BCUT2D eigenvalue weighted by Crippen LogP contribution is 2.33. The van der Waals surface area contributed by atoms with Crippen molar-refractivity contribution in [2.75, 3.05) is 19.7 Å². The highest BCUT2D eigenvalue weighted by Gasteiger charge is 2.31. The van der Waals surface area contributed by atoms with E-state index in [0.717, 1.165) is 11.1 Å².